The summed E-state index contributed by atoms with van der Waals surface area (Å²) < 4.78 is 106. The molecule has 2 aliphatic rings. The normalized spacial score (nSPS) is 25.4. The van der Waals surface area contributed by atoms with Crippen molar-refractivity contribution in [1.82, 2.24) is 0 Å². The van der Waals surface area contributed by atoms with Gasteiger partial charge in [-0.25, -0.2) is 4.39 Å². The van der Waals surface area contributed by atoms with Gasteiger partial charge in [-0.2, -0.15) is 26.3 Å². The SMILES string of the molecule is Fc1ccc([C@@H]2[C@@H](OCc3cc(C(F)(F)F)cc(C(F)(F)F)c3)OC[C@@H]3CC(Cc4ccccc4)CCC[C@H]32)cc1. The van der Waals surface area contributed by atoms with Gasteiger partial charge in [-0.3, -0.25) is 0 Å². The predicted molar refractivity (Wildman–Crippen MR) is 139 cm³/mol. The molecule has 1 unspecified atom stereocenters. The number of alkyl halides is 6. The number of rotatable bonds is 6. The van der Waals surface area contributed by atoms with E-state index in [1.165, 1.54) is 17.7 Å². The van der Waals surface area contributed by atoms with E-state index in [4.69, 9.17) is 9.47 Å². The van der Waals surface area contributed by atoms with Crippen LogP contribution in [0.15, 0.2) is 72.8 Å². The van der Waals surface area contributed by atoms with Gasteiger partial charge in [-0.1, -0.05) is 55.3 Å². The third kappa shape index (κ3) is 7.30. The molecular formula is C32H31F7O2. The molecule has 2 nitrogen and oxygen atoms in total. The van der Waals surface area contributed by atoms with Crippen LogP contribution in [-0.4, -0.2) is 12.9 Å². The summed E-state index contributed by atoms with van der Waals surface area (Å²) in [6, 6.07) is 17.7. The lowest BCUT2D eigenvalue weighted by Crippen LogP contribution is -2.42. The van der Waals surface area contributed by atoms with Crippen LogP contribution in [0, 0.1) is 23.6 Å². The van der Waals surface area contributed by atoms with E-state index < -0.39 is 42.2 Å². The lowest BCUT2D eigenvalue weighted by molar-refractivity contribution is -0.211. The van der Waals surface area contributed by atoms with Crippen LogP contribution < -0.4 is 0 Å². The zero-order valence-corrected chi connectivity index (χ0v) is 22.2. The molecule has 0 N–H and O–H groups in total. The fraction of sp³-hybridized carbons (Fsp3) is 0.438. The Balaban J connectivity index is 1.38. The largest absolute Gasteiger partial charge is 0.416 e. The van der Waals surface area contributed by atoms with E-state index in [9.17, 15) is 30.7 Å². The average molecular weight is 581 g/mol. The third-order valence-corrected chi connectivity index (χ3v) is 8.30. The predicted octanol–water partition coefficient (Wildman–Crippen LogP) is 9.19. The monoisotopic (exact) mass is 580 g/mol. The number of halogens is 7. The Morgan fingerprint density at radius 3 is 2.07 bits per heavy atom. The number of ether oxygens (including phenoxy) is 2. The molecule has 220 valence electrons. The Kier molecular flexibility index (Phi) is 8.76. The summed E-state index contributed by atoms with van der Waals surface area (Å²) in [5.74, 6) is -0.0170. The minimum atomic E-state index is -4.95. The number of fused-ring (bicyclic) bond motifs is 1. The van der Waals surface area contributed by atoms with Crippen molar-refractivity contribution in [3.8, 4) is 0 Å². The van der Waals surface area contributed by atoms with E-state index in [0.29, 0.717) is 24.7 Å². The maximum atomic E-state index is 13.8. The Bertz CT molecular complexity index is 1260. The van der Waals surface area contributed by atoms with Crippen molar-refractivity contribution >= 4 is 0 Å². The molecule has 1 heterocycles. The third-order valence-electron chi connectivity index (χ3n) is 8.30. The van der Waals surface area contributed by atoms with Crippen molar-refractivity contribution in [2.75, 3.05) is 6.61 Å². The minimum Gasteiger partial charge on any atom is -0.352 e. The van der Waals surface area contributed by atoms with Crippen molar-refractivity contribution < 1.29 is 40.2 Å². The van der Waals surface area contributed by atoms with Gasteiger partial charge in [-0.15, -0.1) is 0 Å². The van der Waals surface area contributed by atoms with Gasteiger partial charge in [-0.05, 0) is 84.0 Å². The molecule has 1 saturated heterocycles. The van der Waals surface area contributed by atoms with Crippen LogP contribution in [0.2, 0.25) is 0 Å². The van der Waals surface area contributed by atoms with Crippen LogP contribution in [0.25, 0.3) is 0 Å². The van der Waals surface area contributed by atoms with Crippen molar-refractivity contribution in [2.45, 2.75) is 63.3 Å². The highest BCUT2D eigenvalue weighted by atomic mass is 19.4. The van der Waals surface area contributed by atoms with E-state index in [1.807, 2.05) is 18.2 Å². The summed E-state index contributed by atoms with van der Waals surface area (Å²) in [6.07, 6.45) is -6.07. The molecule has 0 bridgehead atoms. The van der Waals surface area contributed by atoms with Crippen molar-refractivity contribution in [1.29, 1.82) is 0 Å². The molecule has 0 spiro atoms. The van der Waals surface area contributed by atoms with Crippen molar-refractivity contribution in [2.24, 2.45) is 17.8 Å². The zero-order chi connectivity index (χ0) is 29.2. The molecule has 5 rings (SSSR count). The first-order valence-electron chi connectivity index (χ1n) is 13.8. The summed E-state index contributed by atoms with van der Waals surface area (Å²) in [5, 5.41) is 0. The summed E-state index contributed by atoms with van der Waals surface area (Å²) in [5.41, 5.74) is -0.992. The van der Waals surface area contributed by atoms with E-state index >= 15 is 0 Å². The van der Waals surface area contributed by atoms with Crippen LogP contribution in [0.1, 0.15) is 59.4 Å². The highest BCUT2D eigenvalue weighted by Crippen LogP contribution is 2.47. The van der Waals surface area contributed by atoms with E-state index in [2.05, 4.69) is 12.1 Å². The smallest absolute Gasteiger partial charge is 0.352 e. The molecule has 5 atom stereocenters. The quantitative estimate of drug-likeness (QED) is 0.271. The molecule has 2 fully saturated rings. The van der Waals surface area contributed by atoms with Crippen molar-refractivity contribution in [3.05, 3.63) is 106 Å². The van der Waals surface area contributed by atoms with Gasteiger partial charge in [0, 0.05) is 5.92 Å². The number of hydrogen-bond acceptors (Lipinski definition) is 2. The van der Waals surface area contributed by atoms with Gasteiger partial charge >= 0.3 is 12.4 Å². The highest BCUT2D eigenvalue weighted by molar-refractivity contribution is 5.33. The van der Waals surface area contributed by atoms with E-state index in [-0.39, 0.29) is 29.4 Å². The highest BCUT2D eigenvalue weighted by Gasteiger charge is 2.44. The van der Waals surface area contributed by atoms with Crippen LogP contribution >= 0.6 is 0 Å². The molecule has 3 aromatic carbocycles. The molecule has 1 aliphatic carbocycles. The first-order chi connectivity index (χ1) is 19.5. The summed E-state index contributed by atoms with van der Waals surface area (Å²) >= 11 is 0. The second-order valence-corrected chi connectivity index (χ2v) is 11.2. The van der Waals surface area contributed by atoms with Crippen LogP contribution in [0.3, 0.4) is 0 Å². The fourth-order valence-electron chi connectivity index (χ4n) is 6.44. The topological polar surface area (TPSA) is 18.5 Å². The van der Waals surface area contributed by atoms with Crippen LogP contribution in [-0.2, 0) is 34.9 Å². The second kappa shape index (κ2) is 12.1. The molecule has 1 saturated carbocycles. The molecule has 0 radical (unpaired) electrons. The van der Waals surface area contributed by atoms with Crippen LogP contribution in [0.4, 0.5) is 30.7 Å². The van der Waals surface area contributed by atoms with E-state index in [0.717, 1.165) is 37.7 Å². The Morgan fingerprint density at radius 1 is 0.780 bits per heavy atom. The first kappa shape index (κ1) is 29.6. The Morgan fingerprint density at radius 2 is 1.44 bits per heavy atom. The lowest BCUT2D eigenvalue weighted by Gasteiger charge is -2.43. The van der Waals surface area contributed by atoms with Gasteiger partial charge in [0.15, 0.2) is 6.29 Å². The van der Waals surface area contributed by atoms with Gasteiger partial charge in [0.1, 0.15) is 5.82 Å². The first-order valence-corrected chi connectivity index (χ1v) is 13.8. The molecule has 0 amide bonds. The fourth-order valence-corrected chi connectivity index (χ4v) is 6.44. The summed E-state index contributed by atoms with van der Waals surface area (Å²) in [7, 11) is 0. The average Bonchev–Trinajstić information content (AvgIpc) is 3.13. The maximum Gasteiger partial charge on any atom is 0.416 e. The van der Waals surface area contributed by atoms with E-state index in [1.54, 1.807) is 12.1 Å². The molecule has 1 aliphatic heterocycles. The molecular weight excluding hydrogens is 549 g/mol. The maximum absolute atomic E-state index is 13.8. The van der Waals surface area contributed by atoms with Crippen molar-refractivity contribution in [3.63, 3.8) is 0 Å². The molecule has 0 aromatic heterocycles. The van der Waals surface area contributed by atoms with Gasteiger partial charge in [0.25, 0.3) is 0 Å². The molecule has 41 heavy (non-hydrogen) atoms. The molecule has 9 heteroatoms. The second-order valence-electron chi connectivity index (χ2n) is 11.2. The minimum absolute atomic E-state index is 0.101. The molecule has 3 aromatic rings. The summed E-state index contributed by atoms with van der Waals surface area (Å²) in [6.45, 7) is -0.127. The summed E-state index contributed by atoms with van der Waals surface area (Å²) in [4.78, 5) is 0. The van der Waals surface area contributed by atoms with Gasteiger partial charge < -0.3 is 9.47 Å². The Hall–Kier alpha value is -2.91. The van der Waals surface area contributed by atoms with Gasteiger partial charge in [0.05, 0.1) is 24.3 Å². The van der Waals surface area contributed by atoms with Gasteiger partial charge in [0.2, 0.25) is 0 Å². The lowest BCUT2D eigenvalue weighted by atomic mass is 9.72. The Labute approximate surface area is 234 Å². The zero-order valence-electron chi connectivity index (χ0n) is 22.2. The number of hydrogen-bond donors (Lipinski definition) is 0. The number of benzene rings is 3. The van der Waals surface area contributed by atoms with Crippen LogP contribution in [0.5, 0.6) is 0 Å². The standard InChI is InChI=1S/C32H31F7O2/c33-27-11-9-23(10-12-27)29-28-8-4-7-21(13-20-5-2-1-3-6-20)14-24(28)19-41-30(29)40-18-22-15-25(31(34,35)36)17-26(16-22)32(37,38)39/h1-3,5-6,9-12,15-17,21,24,28-30H,4,7-8,13-14,18-19H2/t21?,24-,28+,29-,30-/m0/s1.